The molecule has 0 aliphatic rings. The third-order valence-electron chi connectivity index (χ3n) is 2.85. The Balaban J connectivity index is 2.18. The second kappa shape index (κ2) is 7.57. The van der Waals surface area contributed by atoms with Crippen LogP contribution in [-0.2, 0) is 6.42 Å². The third-order valence-corrected chi connectivity index (χ3v) is 5.22. The molecular weight excluding hydrogens is 391 g/mol. The first-order valence-corrected chi connectivity index (χ1v) is 8.61. The molecule has 102 valence electrons. The Morgan fingerprint density at radius 3 is 2.95 bits per heavy atom. The number of benzene rings is 1. The Labute approximate surface area is 136 Å². The molecule has 2 aromatic rings. The van der Waals surface area contributed by atoms with E-state index in [0.29, 0.717) is 0 Å². The van der Waals surface area contributed by atoms with Crippen molar-refractivity contribution in [3.8, 4) is 0 Å². The molecule has 0 aliphatic heterocycles. The van der Waals surface area contributed by atoms with E-state index in [9.17, 15) is 0 Å². The summed E-state index contributed by atoms with van der Waals surface area (Å²) in [5.41, 5.74) is 1.23. The van der Waals surface area contributed by atoms with Crippen LogP contribution in [0.15, 0.2) is 29.8 Å². The predicted molar refractivity (Wildman–Crippen MR) is 91.0 cm³/mol. The van der Waals surface area contributed by atoms with Crippen molar-refractivity contribution in [2.24, 2.45) is 0 Å². The molecule has 1 aromatic heterocycles. The zero-order valence-corrected chi connectivity index (χ0v) is 14.4. The fourth-order valence-electron chi connectivity index (χ4n) is 1.88. The molecule has 0 spiro atoms. The minimum absolute atomic E-state index is 0.278. The highest BCUT2D eigenvalue weighted by Crippen LogP contribution is 2.25. The molecule has 0 saturated carbocycles. The van der Waals surface area contributed by atoms with Gasteiger partial charge in [-0.25, -0.2) is 4.98 Å². The monoisotopic (exact) mass is 406 g/mol. The highest BCUT2D eigenvalue weighted by Gasteiger charge is 2.14. The summed E-state index contributed by atoms with van der Waals surface area (Å²) in [6, 6.07) is 6.56. The summed E-state index contributed by atoms with van der Waals surface area (Å²) in [5, 5.41) is 7.57. The zero-order valence-electron chi connectivity index (χ0n) is 10.7. The van der Waals surface area contributed by atoms with Gasteiger partial charge in [0.25, 0.3) is 0 Å². The molecular formula is C14H16ClIN2S. The van der Waals surface area contributed by atoms with Crippen LogP contribution in [0.5, 0.6) is 0 Å². The van der Waals surface area contributed by atoms with Gasteiger partial charge >= 0.3 is 0 Å². The minimum Gasteiger partial charge on any atom is -0.310 e. The van der Waals surface area contributed by atoms with E-state index in [1.165, 1.54) is 5.56 Å². The van der Waals surface area contributed by atoms with Gasteiger partial charge in [0, 0.05) is 27.6 Å². The van der Waals surface area contributed by atoms with Crippen LogP contribution in [0.2, 0.25) is 5.02 Å². The third kappa shape index (κ3) is 4.41. The van der Waals surface area contributed by atoms with E-state index in [1.54, 1.807) is 11.3 Å². The lowest BCUT2D eigenvalue weighted by Gasteiger charge is -2.18. The Bertz CT molecular complexity index is 516. The van der Waals surface area contributed by atoms with Gasteiger partial charge in [-0.2, -0.15) is 0 Å². The van der Waals surface area contributed by atoms with Crippen molar-refractivity contribution >= 4 is 45.5 Å². The van der Waals surface area contributed by atoms with Gasteiger partial charge < -0.3 is 5.32 Å². The molecule has 2 rings (SSSR count). The van der Waals surface area contributed by atoms with Gasteiger partial charge in [0.1, 0.15) is 0 Å². The van der Waals surface area contributed by atoms with Crippen molar-refractivity contribution in [1.82, 2.24) is 10.3 Å². The van der Waals surface area contributed by atoms with Crippen LogP contribution in [-0.4, -0.2) is 11.5 Å². The van der Waals surface area contributed by atoms with Crippen molar-refractivity contribution in [3.63, 3.8) is 0 Å². The topological polar surface area (TPSA) is 24.9 Å². The lowest BCUT2D eigenvalue weighted by molar-refractivity contribution is 0.528. The second-order valence-electron chi connectivity index (χ2n) is 4.31. The van der Waals surface area contributed by atoms with Crippen LogP contribution in [0.4, 0.5) is 0 Å². The first-order chi connectivity index (χ1) is 9.20. The number of halogens is 2. The summed E-state index contributed by atoms with van der Waals surface area (Å²) in [5.74, 6) is 0. The van der Waals surface area contributed by atoms with Gasteiger partial charge in [-0.3, -0.25) is 0 Å². The quantitative estimate of drug-likeness (QED) is 0.704. The Morgan fingerprint density at radius 2 is 2.32 bits per heavy atom. The molecule has 2 nitrogen and oxygen atoms in total. The molecule has 0 bridgehead atoms. The Hall–Kier alpha value is -0.170. The lowest BCUT2D eigenvalue weighted by atomic mass is 10.0. The minimum atomic E-state index is 0.278. The van der Waals surface area contributed by atoms with Crippen LogP contribution in [0.3, 0.4) is 0 Å². The maximum Gasteiger partial charge on any atom is 0.0943 e. The van der Waals surface area contributed by atoms with Crippen molar-refractivity contribution in [3.05, 3.63) is 48.9 Å². The van der Waals surface area contributed by atoms with E-state index in [2.05, 4.69) is 58.0 Å². The fourth-order valence-corrected chi connectivity index (χ4v) is 3.07. The highest BCUT2D eigenvalue weighted by atomic mass is 127. The van der Waals surface area contributed by atoms with Gasteiger partial charge in [-0.15, -0.1) is 11.3 Å². The SMILES string of the molecule is CCCNC(Cc1nccs1)c1ccc(I)c(Cl)c1. The van der Waals surface area contributed by atoms with Crippen LogP contribution >= 0.6 is 45.5 Å². The van der Waals surface area contributed by atoms with E-state index in [4.69, 9.17) is 11.6 Å². The molecule has 19 heavy (non-hydrogen) atoms. The van der Waals surface area contributed by atoms with Crippen LogP contribution in [0.25, 0.3) is 0 Å². The Kier molecular flexibility index (Phi) is 6.06. The number of hydrogen-bond acceptors (Lipinski definition) is 3. The normalized spacial score (nSPS) is 12.6. The van der Waals surface area contributed by atoms with Gasteiger partial charge in [-0.1, -0.05) is 24.6 Å². The number of rotatable bonds is 6. The van der Waals surface area contributed by atoms with Crippen molar-refractivity contribution in [2.45, 2.75) is 25.8 Å². The van der Waals surface area contributed by atoms with Gasteiger partial charge in [-0.05, 0) is 53.3 Å². The number of nitrogens with zero attached hydrogens (tertiary/aromatic N) is 1. The molecule has 0 radical (unpaired) electrons. The lowest BCUT2D eigenvalue weighted by Crippen LogP contribution is -2.24. The maximum absolute atomic E-state index is 6.23. The fraction of sp³-hybridized carbons (Fsp3) is 0.357. The van der Waals surface area contributed by atoms with Gasteiger partial charge in [0.15, 0.2) is 0 Å². The first-order valence-electron chi connectivity index (χ1n) is 6.27. The Morgan fingerprint density at radius 1 is 1.47 bits per heavy atom. The molecule has 0 amide bonds. The summed E-state index contributed by atoms with van der Waals surface area (Å²) >= 11 is 10.2. The smallest absolute Gasteiger partial charge is 0.0943 e. The first kappa shape index (κ1) is 15.2. The highest BCUT2D eigenvalue weighted by molar-refractivity contribution is 14.1. The molecule has 0 aliphatic carbocycles. The summed E-state index contributed by atoms with van der Waals surface area (Å²) in [6.07, 6.45) is 3.89. The number of nitrogens with one attached hydrogen (secondary N) is 1. The molecule has 5 heteroatoms. The summed E-state index contributed by atoms with van der Waals surface area (Å²) < 4.78 is 1.09. The van der Waals surface area contributed by atoms with E-state index in [-0.39, 0.29) is 6.04 Å². The van der Waals surface area contributed by atoms with E-state index in [1.807, 2.05) is 11.6 Å². The number of hydrogen-bond donors (Lipinski definition) is 1. The van der Waals surface area contributed by atoms with E-state index < -0.39 is 0 Å². The van der Waals surface area contributed by atoms with E-state index >= 15 is 0 Å². The average Bonchev–Trinajstić information content (AvgIpc) is 2.91. The van der Waals surface area contributed by atoms with Crippen molar-refractivity contribution in [2.75, 3.05) is 6.54 Å². The molecule has 1 N–H and O–H groups in total. The number of aromatic nitrogens is 1. The second-order valence-corrected chi connectivity index (χ2v) is 6.86. The molecule has 1 heterocycles. The standard InChI is InChI=1S/C14H16ClIN2S/c1-2-5-17-13(9-14-18-6-7-19-14)10-3-4-12(16)11(15)8-10/h3-4,6-8,13,17H,2,5,9H2,1H3. The van der Waals surface area contributed by atoms with E-state index in [0.717, 1.165) is 33.0 Å². The number of thiazole rings is 1. The van der Waals surface area contributed by atoms with Crippen LogP contribution in [0.1, 0.15) is 30.0 Å². The van der Waals surface area contributed by atoms with Crippen LogP contribution in [0, 0.1) is 3.57 Å². The summed E-state index contributed by atoms with van der Waals surface area (Å²) in [6.45, 7) is 3.17. The summed E-state index contributed by atoms with van der Waals surface area (Å²) in [4.78, 5) is 4.37. The predicted octanol–water partition coefficient (Wildman–Crippen LogP) is 4.68. The molecule has 1 unspecified atom stereocenters. The molecule has 0 fully saturated rings. The van der Waals surface area contributed by atoms with Crippen molar-refractivity contribution < 1.29 is 0 Å². The van der Waals surface area contributed by atoms with Crippen molar-refractivity contribution in [1.29, 1.82) is 0 Å². The van der Waals surface area contributed by atoms with Crippen LogP contribution < -0.4 is 5.32 Å². The van der Waals surface area contributed by atoms with Gasteiger partial charge in [0.2, 0.25) is 0 Å². The molecule has 0 saturated heterocycles. The summed E-state index contributed by atoms with van der Waals surface area (Å²) in [7, 11) is 0. The largest absolute Gasteiger partial charge is 0.310 e. The molecule has 1 atom stereocenters. The zero-order chi connectivity index (χ0) is 13.7. The average molecular weight is 407 g/mol. The maximum atomic E-state index is 6.23. The van der Waals surface area contributed by atoms with Gasteiger partial charge in [0.05, 0.1) is 10.0 Å². The molecule has 1 aromatic carbocycles.